The zero-order chi connectivity index (χ0) is 17.0. The third kappa shape index (κ3) is 4.76. The molecular formula is C16H25N3O3S. The Labute approximate surface area is 138 Å². The molecule has 2 N–H and O–H groups in total. The largest absolute Gasteiger partial charge is 0.336 e. The maximum absolute atomic E-state index is 12.5. The molecule has 1 aromatic carbocycles. The second-order valence-corrected chi connectivity index (χ2v) is 8.14. The molecule has 1 aliphatic rings. The summed E-state index contributed by atoms with van der Waals surface area (Å²) in [5.41, 5.74) is 0.516. The van der Waals surface area contributed by atoms with E-state index in [0.717, 1.165) is 6.54 Å². The van der Waals surface area contributed by atoms with Crippen molar-refractivity contribution in [3.63, 3.8) is 0 Å². The fraction of sp³-hybridized carbons (Fsp3) is 0.562. The van der Waals surface area contributed by atoms with Gasteiger partial charge in [-0.1, -0.05) is 13.8 Å². The molecule has 0 radical (unpaired) electrons. The van der Waals surface area contributed by atoms with Crippen molar-refractivity contribution in [2.75, 3.05) is 26.2 Å². The molecule has 6 nitrogen and oxygen atoms in total. The van der Waals surface area contributed by atoms with Gasteiger partial charge in [0.25, 0.3) is 5.91 Å². The number of amides is 1. The van der Waals surface area contributed by atoms with Crippen LogP contribution in [0.4, 0.5) is 0 Å². The molecule has 1 aromatic rings. The molecule has 0 aliphatic carbocycles. The van der Waals surface area contributed by atoms with Gasteiger partial charge in [0.1, 0.15) is 0 Å². The number of nitrogens with zero attached hydrogens (tertiary/aromatic N) is 1. The summed E-state index contributed by atoms with van der Waals surface area (Å²) in [7, 11) is -3.52. The lowest BCUT2D eigenvalue weighted by molar-refractivity contribution is 0.0709. The Kier molecular flexibility index (Phi) is 5.78. The minimum absolute atomic E-state index is 0.0579. The van der Waals surface area contributed by atoms with Gasteiger partial charge < -0.3 is 10.2 Å². The highest BCUT2D eigenvalue weighted by molar-refractivity contribution is 7.89. The molecule has 7 heteroatoms. The first kappa shape index (κ1) is 17.9. The van der Waals surface area contributed by atoms with Crippen LogP contribution >= 0.6 is 0 Å². The number of hydrogen-bond acceptors (Lipinski definition) is 4. The highest BCUT2D eigenvalue weighted by atomic mass is 32.2. The monoisotopic (exact) mass is 339 g/mol. The third-order valence-corrected chi connectivity index (χ3v) is 5.19. The minimum atomic E-state index is -3.52. The molecule has 1 atom stereocenters. The van der Waals surface area contributed by atoms with Crippen LogP contribution in [0.3, 0.4) is 0 Å². The summed E-state index contributed by atoms with van der Waals surface area (Å²) in [4.78, 5) is 14.4. The first-order valence-electron chi connectivity index (χ1n) is 7.92. The van der Waals surface area contributed by atoms with Gasteiger partial charge in [-0.25, -0.2) is 13.1 Å². The lowest BCUT2D eigenvalue weighted by Crippen LogP contribution is -2.51. The number of nitrogens with one attached hydrogen (secondary N) is 2. The Morgan fingerprint density at radius 2 is 2.00 bits per heavy atom. The Balaban J connectivity index is 2.08. The topological polar surface area (TPSA) is 78.5 Å². The molecule has 0 aromatic heterocycles. The number of carbonyl (C=O) groups is 1. The Morgan fingerprint density at radius 1 is 1.35 bits per heavy atom. The van der Waals surface area contributed by atoms with E-state index in [1.54, 1.807) is 17.0 Å². The maximum Gasteiger partial charge on any atom is 0.253 e. The third-order valence-electron chi connectivity index (χ3n) is 3.75. The quantitative estimate of drug-likeness (QED) is 0.841. The molecule has 1 unspecified atom stereocenters. The van der Waals surface area contributed by atoms with Crippen molar-refractivity contribution in [3.8, 4) is 0 Å². The summed E-state index contributed by atoms with van der Waals surface area (Å²) >= 11 is 0. The van der Waals surface area contributed by atoms with Crippen molar-refractivity contribution in [3.05, 3.63) is 29.8 Å². The first-order valence-corrected chi connectivity index (χ1v) is 9.40. The Bertz CT molecular complexity index is 641. The zero-order valence-corrected chi connectivity index (χ0v) is 14.7. The molecule has 1 saturated heterocycles. The molecule has 128 valence electrons. The smallest absolute Gasteiger partial charge is 0.253 e. The zero-order valence-electron chi connectivity index (χ0n) is 13.9. The van der Waals surface area contributed by atoms with Crippen LogP contribution in [0.2, 0.25) is 0 Å². The second kappa shape index (κ2) is 7.42. The van der Waals surface area contributed by atoms with Crippen molar-refractivity contribution < 1.29 is 13.2 Å². The van der Waals surface area contributed by atoms with Crippen LogP contribution in [0.5, 0.6) is 0 Å². The van der Waals surface area contributed by atoms with Gasteiger partial charge in [0, 0.05) is 37.8 Å². The van der Waals surface area contributed by atoms with E-state index in [4.69, 9.17) is 0 Å². The van der Waals surface area contributed by atoms with Crippen LogP contribution in [0.25, 0.3) is 0 Å². The van der Waals surface area contributed by atoms with Crippen molar-refractivity contribution in [1.29, 1.82) is 0 Å². The van der Waals surface area contributed by atoms with Crippen LogP contribution in [-0.2, 0) is 10.0 Å². The van der Waals surface area contributed by atoms with Crippen LogP contribution in [-0.4, -0.2) is 51.4 Å². The molecule has 0 bridgehead atoms. The van der Waals surface area contributed by atoms with Crippen molar-refractivity contribution in [2.24, 2.45) is 5.92 Å². The highest BCUT2D eigenvalue weighted by Crippen LogP contribution is 2.13. The normalized spacial score (nSPS) is 19.1. The second-order valence-electron chi connectivity index (χ2n) is 6.38. The van der Waals surface area contributed by atoms with Gasteiger partial charge in [0.05, 0.1) is 4.90 Å². The van der Waals surface area contributed by atoms with Crippen LogP contribution in [0.1, 0.15) is 31.1 Å². The van der Waals surface area contributed by atoms with E-state index in [1.807, 2.05) is 20.8 Å². The molecule has 1 amide bonds. The summed E-state index contributed by atoms with van der Waals surface area (Å²) in [6.45, 7) is 8.42. The van der Waals surface area contributed by atoms with Gasteiger partial charge >= 0.3 is 0 Å². The van der Waals surface area contributed by atoms with E-state index in [1.165, 1.54) is 12.1 Å². The molecule has 1 fully saturated rings. The summed E-state index contributed by atoms with van der Waals surface area (Å²) in [6.07, 6.45) is 0. The summed E-state index contributed by atoms with van der Waals surface area (Å²) in [6, 6.07) is 6.41. The first-order chi connectivity index (χ1) is 10.8. The fourth-order valence-electron chi connectivity index (χ4n) is 2.44. The Morgan fingerprint density at radius 3 is 2.57 bits per heavy atom. The predicted molar refractivity (Wildman–Crippen MR) is 89.8 cm³/mol. The molecule has 0 saturated carbocycles. The van der Waals surface area contributed by atoms with Gasteiger partial charge in [-0.15, -0.1) is 0 Å². The van der Waals surface area contributed by atoms with E-state index in [9.17, 15) is 13.2 Å². The molecule has 0 spiro atoms. The molecule has 1 heterocycles. The van der Waals surface area contributed by atoms with Crippen molar-refractivity contribution in [1.82, 2.24) is 14.9 Å². The summed E-state index contributed by atoms with van der Waals surface area (Å²) in [5, 5.41) is 3.29. The van der Waals surface area contributed by atoms with Crippen LogP contribution in [0, 0.1) is 5.92 Å². The molecule has 2 rings (SSSR count). The molecule has 1 aliphatic heterocycles. The van der Waals surface area contributed by atoms with Gasteiger partial charge in [0.15, 0.2) is 0 Å². The summed E-state index contributed by atoms with van der Waals surface area (Å²) in [5.74, 6) is 0.178. The van der Waals surface area contributed by atoms with E-state index in [2.05, 4.69) is 10.0 Å². The lowest BCUT2D eigenvalue weighted by atomic mass is 10.1. The molecular weight excluding hydrogens is 314 g/mol. The fourth-order valence-corrected chi connectivity index (χ4v) is 3.65. The minimum Gasteiger partial charge on any atom is -0.336 e. The number of benzene rings is 1. The average molecular weight is 339 g/mol. The number of carbonyl (C=O) groups excluding carboxylic acids is 1. The van der Waals surface area contributed by atoms with Crippen LogP contribution < -0.4 is 10.0 Å². The van der Waals surface area contributed by atoms with Crippen LogP contribution in [0.15, 0.2) is 29.2 Å². The van der Waals surface area contributed by atoms with Crippen molar-refractivity contribution >= 4 is 15.9 Å². The number of rotatable bonds is 5. The van der Waals surface area contributed by atoms with E-state index >= 15 is 0 Å². The SMILES string of the molecule is CC(C)CNS(=O)(=O)c1ccc(C(=O)N2CCNC(C)C2)cc1. The standard InChI is InChI=1S/C16H25N3O3S/c1-12(2)10-18-23(21,22)15-6-4-14(5-7-15)16(20)19-9-8-17-13(3)11-19/h4-7,12-13,17-18H,8-11H2,1-3H3. The van der Waals surface area contributed by atoms with Gasteiger partial charge in [-0.2, -0.15) is 0 Å². The van der Waals surface area contributed by atoms with E-state index in [-0.39, 0.29) is 22.8 Å². The average Bonchev–Trinajstić information content (AvgIpc) is 2.52. The lowest BCUT2D eigenvalue weighted by Gasteiger charge is -2.32. The van der Waals surface area contributed by atoms with Gasteiger partial charge in [-0.05, 0) is 37.1 Å². The van der Waals surface area contributed by atoms with Crippen molar-refractivity contribution in [2.45, 2.75) is 31.7 Å². The predicted octanol–water partition coefficient (Wildman–Crippen LogP) is 1.05. The van der Waals surface area contributed by atoms with E-state index < -0.39 is 10.0 Å². The number of hydrogen-bond donors (Lipinski definition) is 2. The highest BCUT2D eigenvalue weighted by Gasteiger charge is 2.22. The number of sulfonamides is 1. The van der Waals surface area contributed by atoms with E-state index in [0.29, 0.717) is 25.2 Å². The van der Waals surface area contributed by atoms with Gasteiger partial charge in [-0.3, -0.25) is 4.79 Å². The molecule has 23 heavy (non-hydrogen) atoms. The Hall–Kier alpha value is -1.44. The maximum atomic E-state index is 12.5. The van der Waals surface area contributed by atoms with Gasteiger partial charge in [0.2, 0.25) is 10.0 Å². The summed E-state index contributed by atoms with van der Waals surface area (Å²) < 4.78 is 26.9. The number of piperazine rings is 1.